The molecule has 0 saturated carbocycles. The van der Waals surface area contributed by atoms with Gasteiger partial charge in [0, 0.05) is 24.9 Å². The largest absolute Gasteiger partial charge is 0.341 e. The zero-order valence-electron chi connectivity index (χ0n) is 13.9. The van der Waals surface area contributed by atoms with Crippen LogP contribution < -0.4 is 0 Å². The average molecular weight is 333 g/mol. The predicted octanol–water partition coefficient (Wildman–Crippen LogP) is 3.76. The highest BCUT2D eigenvalue weighted by Crippen LogP contribution is 2.29. The summed E-state index contributed by atoms with van der Waals surface area (Å²) in [6.45, 7) is 7.56. The van der Waals surface area contributed by atoms with Crippen molar-refractivity contribution in [3.05, 3.63) is 34.1 Å². The molecular formula is C17H23N3O2S. The molecule has 0 bridgehead atoms. The van der Waals surface area contributed by atoms with Gasteiger partial charge in [0.15, 0.2) is 5.82 Å². The van der Waals surface area contributed by atoms with Crippen LogP contribution in [0.5, 0.6) is 0 Å². The van der Waals surface area contributed by atoms with Crippen LogP contribution in [0, 0.1) is 0 Å². The predicted molar refractivity (Wildman–Crippen MR) is 89.7 cm³/mol. The number of amides is 1. The molecule has 23 heavy (non-hydrogen) atoms. The smallest absolute Gasteiger partial charge is 0.229 e. The van der Waals surface area contributed by atoms with Crippen molar-refractivity contribution in [2.75, 3.05) is 13.1 Å². The minimum absolute atomic E-state index is 0.0866. The van der Waals surface area contributed by atoms with E-state index in [1.54, 1.807) is 11.3 Å². The second kappa shape index (κ2) is 6.83. The molecule has 1 aliphatic rings. The van der Waals surface area contributed by atoms with E-state index in [2.05, 4.69) is 15.5 Å². The Labute approximate surface area is 140 Å². The van der Waals surface area contributed by atoms with Crippen LogP contribution >= 0.6 is 11.3 Å². The van der Waals surface area contributed by atoms with Crippen molar-refractivity contribution in [2.24, 2.45) is 0 Å². The van der Waals surface area contributed by atoms with E-state index in [9.17, 15) is 4.79 Å². The zero-order chi connectivity index (χ0) is 16.4. The monoisotopic (exact) mass is 333 g/mol. The molecule has 0 aliphatic carbocycles. The average Bonchev–Trinajstić information content (AvgIpc) is 3.25. The number of rotatable bonds is 4. The molecule has 3 heterocycles. The van der Waals surface area contributed by atoms with Gasteiger partial charge in [-0.05, 0) is 42.2 Å². The lowest BCUT2D eigenvalue weighted by Crippen LogP contribution is -2.41. The lowest BCUT2D eigenvalue weighted by atomic mass is 9.95. The number of likely N-dealkylation sites (tertiary alicyclic amines) is 1. The number of hydrogen-bond donors (Lipinski definition) is 0. The van der Waals surface area contributed by atoms with Crippen LogP contribution in [-0.2, 0) is 4.79 Å². The van der Waals surface area contributed by atoms with Crippen LogP contribution in [0.4, 0.5) is 0 Å². The first kappa shape index (κ1) is 16.2. The maximum absolute atomic E-state index is 12.8. The third-order valence-electron chi connectivity index (χ3n) is 4.46. The van der Waals surface area contributed by atoms with Crippen LogP contribution in [0.2, 0.25) is 0 Å². The lowest BCUT2D eigenvalue weighted by molar-refractivity contribution is -0.133. The quantitative estimate of drug-likeness (QED) is 0.854. The Bertz CT molecular complexity index is 651. The van der Waals surface area contributed by atoms with E-state index in [-0.39, 0.29) is 23.7 Å². The molecule has 0 N–H and O–H groups in total. The summed E-state index contributed by atoms with van der Waals surface area (Å²) in [6.07, 6.45) is 1.99. The third kappa shape index (κ3) is 3.47. The molecular weight excluding hydrogens is 310 g/mol. The standard InChI is InChI=1S/C17H23N3O2S/c1-11(2)16-18-15(19-22-16)13-5-4-7-20(9-13)17(21)12(3)14-6-8-23-10-14/h6,8,10-13H,4-5,7,9H2,1-3H3/t12-,13+/m1/s1. The number of carbonyl (C=O) groups is 1. The Kier molecular flexibility index (Phi) is 4.80. The summed E-state index contributed by atoms with van der Waals surface area (Å²) in [5.74, 6) is 1.94. The summed E-state index contributed by atoms with van der Waals surface area (Å²) >= 11 is 1.63. The van der Waals surface area contributed by atoms with E-state index >= 15 is 0 Å². The molecule has 1 fully saturated rings. The number of piperidine rings is 1. The van der Waals surface area contributed by atoms with E-state index in [1.807, 2.05) is 37.1 Å². The Balaban J connectivity index is 1.69. The third-order valence-corrected chi connectivity index (χ3v) is 5.16. The first-order chi connectivity index (χ1) is 11.1. The minimum atomic E-state index is -0.0866. The van der Waals surface area contributed by atoms with Crippen molar-refractivity contribution < 1.29 is 9.32 Å². The van der Waals surface area contributed by atoms with Crippen LogP contribution in [0.1, 0.15) is 68.6 Å². The van der Waals surface area contributed by atoms with Crippen molar-refractivity contribution in [3.8, 4) is 0 Å². The lowest BCUT2D eigenvalue weighted by Gasteiger charge is -2.33. The van der Waals surface area contributed by atoms with Crippen molar-refractivity contribution >= 4 is 17.2 Å². The molecule has 5 nitrogen and oxygen atoms in total. The van der Waals surface area contributed by atoms with Crippen LogP contribution in [0.25, 0.3) is 0 Å². The fourth-order valence-electron chi connectivity index (χ4n) is 2.97. The van der Waals surface area contributed by atoms with Gasteiger partial charge in [-0.1, -0.05) is 19.0 Å². The Morgan fingerprint density at radius 3 is 2.91 bits per heavy atom. The molecule has 2 aromatic heterocycles. The second-order valence-corrected chi connectivity index (χ2v) is 7.33. The minimum Gasteiger partial charge on any atom is -0.341 e. The topological polar surface area (TPSA) is 59.2 Å². The van der Waals surface area contributed by atoms with Gasteiger partial charge in [-0.25, -0.2) is 0 Å². The van der Waals surface area contributed by atoms with E-state index in [1.165, 1.54) is 0 Å². The molecule has 1 saturated heterocycles. The second-order valence-electron chi connectivity index (χ2n) is 6.55. The van der Waals surface area contributed by atoms with Crippen LogP contribution in [0.15, 0.2) is 21.3 Å². The SMILES string of the molecule is CC(C)c1nc([C@H]2CCCN(C(=O)[C@H](C)c3ccsc3)C2)no1. The molecule has 124 valence electrons. The fourth-order valence-corrected chi connectivity index (χ4v) is 3.73. The Hall–Kier alpha value is -1.69. The van der Waals surface area contributed by atoms with Crippen molar-refractivity contribution in [2.45, 2.75) is 51.4 Å². The summed E-state index contributed by atoms with van der Waals surface area (Å²) in [6, 6.07) is 2.03. The first-order valence-electron chi connectivity index (χ1n) is 8.20. The number of aromatic nitrogens is 2. The molecule has 1 amide bonds. The fraction of sp³-hybridized carbons (Fsp3) is 0.588. The van der Waals surface area contributed by atoms with Crippen molar-refractivity contribution in [3.63, 3.8) is 0 Å². The van der Waals surface area contributed by atoms with E-state index in [0.717, 1.165) is 30.8 Å². The van der Waals surface area contributed by atoms with Crippen molar-refractivity contribution in [1.29, 1.82) is 0 Å². The van der Waals surface area contributed by atoms with Gasteiger partial charge in [0.25, 0.3) is 0 Å². The van der Waals surface area contributed by atoms with E-state index in [0.29, 0.717) is 12.4 Å². The number of carbonyl (C=O) groups excluding carboxylic acids is 1. The van der Waals surface area contributed by atoms with Gasteiger partial charge < -0.3 is 9.42 Å². The van der Waals surface area contributed by atoms with Crippen LogP contribution in [0.3, 0.4) is 0 Å². The highest BCUT2D eigenvalue weighted by molar-refractivity contribution is 7.08. The number of thiophene rings is 1. The van der Waals surface area contributed by atoms with Gasteiger partial charge >= 0.3 is 0 Å². The summed E-state index contributed by atoms with van der Waals surface area (Å²) in [7, 11) is 0. The van der Waals surface area contributed by atoms with Gasteiger partial charge in [-0.15, -0.1) is 0 Å². The molecule has 0 unspecified atom stereocenters. The van der Waals surface area contributed by atoms with Gasteiger partial charge in [0.2, 0.25) is 11.8 Å². The molecule has 3 rings (SSSR count). The Morgan fingerprint density at radius 2 is 2.26 bits per heavy atom. The molecule has 0 aromatic carbocycles. The molecule has 6 heteroatoms. The summed E-state index contributed by atoms with van der Waals surface area (Å²) in [5, 5.41) is 8.20. The normalized spacial score (nSPS) is 20.0. The van der Waals surface area contributed by atoms with Gasteiger partial charge in [0.05, 0.1) is 5.92 Å². The van der Waals surface area contributed by atoms with Crippen LogP contribution in [-0.4, -0.2) is 34.0 Å². The highest BCUT2D eigenvalue weighted by Gasteiger charge is 2.30. The van der Waals surface area contributed by atoms with E-state index in [4.69, 9.17) is 4.52 Å². The first-order valence-corrected chi connectivity index (χ1v) is 9.15. The zero-order valence-corrected chi connectivity index (χ0v) is 14.7. The summed E-state index contributed by atoms with van der Waals surface area (Å²) in [4.78, 5) is 19.2. The molecule has 0 radical (unpaired) electrons. The van der Waals surface area contributed by atoms with E-state index < -0.39 is 0 Å². The number of hydrogen-bond acceptors (Lipinski definition) is 5. The molecule has 2 aromatic rings. The highest BCUT2D eigenvalue weighted by atomic mass is 32.1. The molecule has 2 atom stereocenters. The Morgan fingerprint density at radius 1 is 1.43 bits per heavy atom. The maximum Gasteiger partial charge on any atom is 0.229 e. The summed E-state index contributed by atoms with van der Waals surface area (Å²) < 4.78 is 5.32. The summed E-state index contributed by atoms with van der Waals surface area (Å²) in [5.41, 5.74) is 1.10. The molecule has 0 spiro atoms. The maximum atomic E-state index is 12.8. The van der Waals surface area contributed by atoms with Gasteiger partial charge in [-0.2, -0.15) is 16.3 Å². The number of nitrogens with zero attached hydrogens (tertiary/aromatic N) is 3. The molecule has 1 aliphatic heterocycles. The van der Waals surface area contributed by atoms with Gasteiger partial charge in [0.1, 0.15) is 0 Å². The van der Waals surface area contributed by atoms with Crippen molar-refractivity contribution in [1.82, 2.24) is 15.0 Å². The van der Waals surface area contributed by atoms with Gasteiger partial charge in [-0.3, -0.25) is 4.79 Å².